The fourth-order valence-electron chi connectivity index (χ4n) is 5.00. The fourth-order valence-corrected chi connectivity index (χ4v) is 5.00. The zero-order chi connectivity index (χ0) is 33.5. The number of phenolic OH excluding ortho intramolecular Hbond substituents is 1. The van der Waals surface area contributed by atoms with Crippen LogP contribution in [0.2, 0.25) is 0 Å². The van der Waals surface area contributed by atoms with Gasteiger partial charge in [0, 0.05) is 18.7 Å². The van der Waals surface area contributed by atoms with Crippen molar-refractivity contribution in [1.29, 1.82) is 0 Å². The summed E-state index contributed by atoms with van der Waals surface area (Å²) in [5, 5.41) is 20.7. The van der Waals surface area contributed by atoms with Gasteiger partial charge in [-0.05, 0) is 55.3 Å². The molecule has 2 atom stereocenters. The molecule has 1 aliphatic rings. The van der Waals surface area contributed by atoms with E-state index in [9.17, 15) is 29.1 Å². The molecule has 2 aromatic heterocycles. The van der Waals surface area contributed by atoms with Gasteiger partial charge in [0.2, 0.25) is 23.7 Å². The van der Waals surface area contributed by atoms with Gasteiger partial charge in [-0.3, -0.25) is 29.0 Å². The van der Waals surface area contributed by atoms with Crippen LogP contribution in [-0.4, -0.2) is 80.0 Å². The normalized spacial score (nSPS) is 17.4. The molecule has 0 spiro atoms. The van der Waals surface area contributed by atoms with Gasteiger partial charge in [0.05, 0.1) is 17.9 Å². The monoisotopic (exact) mass is 646 g/mol. The number of aromatic hydroxyl groups is 1. The van der Waals surface area contributed by atoms with Crippen LogP contribution in [0.1, 0.15) is 28.8 Å². The van der Waals surface area contributed by atoms with E-state index in [0.717, 1.165) is 5.56 Å². The van der Waals surface area contributed by atoms with E-state index in [1.54, 1.807) is 18.2 Å². The van der Waals surface area contributed by atoms with Crippen molar-refractivity contribution >= 4 is 46.4 Å². The molecule has 2 aromatic carbocycles. The van der Waals surface area contributed by atoms with E-state index in [4.69, 9.17) is 16.2 Å². The molecule has 0 aliphatic carbocycles. The third kappa shape index (κ3) is 8.20. The predicted octanol–water partition coefficient (Wildman–Crippen LogP) is -0.880. The molecule has 5 rings (SSSR count). The number of carbonyl (C=O) groups excluding carboxylic acids is 4. The molecule has 0 radical (unpaired) electrons. The van der Waals surface area contributed by atoms with Gasteiger partial charge in [0.25, 0.3) is 11.5 Å². The summed E-state index contributed by atoms with van der Waals surface area (Å²) in [6.45, 7) is -0.204. The number of nitrogens with two attached hydrogens (primary N) is 2. The number of nitrogens with one attached hydrogen (secondary N) is 5. The van der Waals surface area contributed by atoms with Crippen molar-refractivity contribution < 1.29 is 29.0 Å². The van der Waals surface area contributed by atoms with Crippen molar-refractivity contribution in [2.45, 2.75) is 37.9 Å². The number of carbonyl (C=O) groups is 4. The number of ether oxygens (including phenoxy) is 1. The fraction of sp³-hybridized carbons (Fsp3) is 0.300. The summed E-state index contributed by atoms with van der Waals surface area (Å²) in [7, 11) is 0. The number of H-pyrrole nitrogens is 1. The van der Waals surface area contributed by atoms with Crippen LogP contribution in [0.5, 0.6) is 11.5 Å². The zero-order valence-electron chi connectivity index (χ0n) is 25.1. The predicted molar refractivity (Wildman–Crippen MR) is 169 cm³/mol. The standard InChI is InChI=1S/C30H34N10O7/c31-9-7-21-28(45)36-18(11-16-1-4-19(41)5-2-16)14-47-22-6-3-17(12-20(22)27(44)33-10-8-23(42)37-21)35-24(43)13-40-15-34-25-26(40)38-30(32)39-29(25)46/h1-6,12,15,18,21,41H,7-11,13-14,31H2,(H,33,44)(H,35,43)(H,36,45)(H,37,42)(H3,32,38,39,46)/t18-,21+/m1/s1. The first-order valence-electron chi connectivity index (χ1n) is 14.7. The maximum absolute atomic E-state index is 13.3. The van der Waals surface area contributed by atoms with Crippen molar-refractivity contribution in [2.75, 3.05) is 30.7 Å². The van der Waals surface area contributed by atoms with E-state index in [2.05, 4.69) is 36.2 Å². The van der Waals surface area contributed by atoms with Gasteiger partial charge in [-0.2, -0.15) is 4.98 Å². The molecule has 3 heterocycles. The number of aromatic amines is 1. The molecule has 0 unspecified atom stereocenters. The second-order valence-corrected chi connectivity index (χ2v) is 10.8. The largest absolute Gasteiger partial charge is 0.508 e. The van der Waals surface area contributed by atoms with Crippen LogP contribution in [0.4, 0.5) is 11.6 Å². The van der Waals surface area contributed by atoms with Gasteiger partial charge in [-0.1, -0.05) is 12.1 Å². The number of phenols is 1. The Bertz CT molecular complexity index is 1850. The summed E-state index contributed by atoms with van der Waals surface area (Å²) in [4.78, 5) is 74.6. The van der Waals surface area contributed by atoms with Crippen molar-refractivity contribution in [2.24, 2.45) is 5.73 Å². The molecule has 10 N–H and O–H groups in total. The van der Waals surface area contributed by atoms with E-state index in [-0.39, 0.29) is 78.9 Å². The number of hydrogen-bond acceptors (Lipinski definition) is 11. The molecular weight excluding hydrogens is 612 g/mol. The third-order valence-electron chi connectivity index (χ3n) is 7.26. The van der Waals surface area contributed by atoms with E-state index >= 15 is 0 Å². The average Bonchev–Trinajstić information content (AvgIpc) is 3.42. The van der Waals surface area contributed by atoms with Crippen LogP contribution in [-0.2, 0) is 27.3 Å². The summed E-state index contributed by atoms with van der Waals surface area (Å²) in [6, 6.07) is 9.43. The second-order valence-electron chi connectivity index (χ2n) is 10.8. The quantitative estimate of drug-likeness (QED) is 0.122. The lowest BCUT2D eigenvalue weighted by molar-refractivity contribution is -0.129. The highest BCUT2D eigenvalue weighted by Gasteiger charge is 2.25. The lowest BCUT2D eigenvalue weighted by Crippen LogP contribution is -2.52. The molecule has 0 saturated carbocycles. The number of fused-ring (bicyclic) bond motifs is 2. The molecule has 246 valence electrons. The first-order valence-corrected chi connectivity index (χ1v) is 14.7. The van der Waals surface area contributed by atoms with Crippen LogP contribution < -0.4 is 43.0 Å². The van der Waals surface area contributed by atoms with Crippen molar-refractivity contribution in [3.63, 3.8) is 0 Å². The Labute approximate surface area is 267 Å². The molecular formula is C30H34N10O7. The van der Waals surface area contributed by atoms with Crippen molar-refractivity contribution in [1.82, 2.24) is 35.5 Å². The van der Waals surface area contributed by atoms with Crippen LogP contribution >= 0.6 is 0 Å². The van der Waals surface area contributed by atoms with Crippen molar-refractivity contribution in [3.05, 3.63) is 70.3 Å². The molecule has 0 saturated heterocycles. The van der Waals surface area contributed by atoms with Gasteiger partial charge < -0.3 is 47.1 Å². The van der Waals surface area contributed by atoms with Gasteiger partial charge in [0.15, 0.2) is 11.2 Å². The number of rotatable bonds is 7. The zero-order valence-corrected chi connectivity index (χ0v) is 25.1. The van der Waals surface area contributed by atoms with Crippen LogP contribution in [0.15, 0.2) is 53.6 Å². The molecule has 4 amide bonds. The summed E-state index contributed by atoms with van der Waals surface area (Å²) in [5.41, 5.74) is 12.1. The Hall–Kier alpha value is -5.97. The Kier molecular flexibility index (Phi) is 9.95. The molecule has 0 fully saturated rings. The minimum absolute atomic E-state index is 0.0237. The number of benzene rings is 2. The molecule has 47 heavy (non-hydrogen) atoms. The summed E-state index contributed by atoms with van der Waals surface area (Å²) in [6.07, 6.45) is 1.69. The number of nitrogens with zero attached hydrogens (tertiary/aromatic N) is 3. The lowest BCUT2D eigenvalue weighted by atomic mass is 10.0. The summed E-state index contributed by atoms with van der Waals surface area (Å²) < 4.78 is 7.44. The van der Waals surface area contributed by atoms with Gasteiger partial charge in [-0.25, -0.2) is 4.98 Å². The number of nitrogen functional groups attached to an aromatic ring is 1. The molecule has 17 heteroatoms. The summed E-state index contributed by atoms with van der Waals surface area (Å²) in [5.74, 6) is -1.82. The highest BCUT2D eigenvalue weighted by molar-refractivity contribution is 6.00. The first-order chi connectivity index (χ1) is 22.6. The molecule has 0 bridgehead atoms. The Morgan fingerprint density at radius 2 is 1.89 bits per heavy atom. The minimum Gasteiger partial charge on any atom is -0.508 e. The van der Waals surface area contributed by atoms with Gasteiger partial charge in [-0.15, -0.1) is 0 Å². The maximum Gasteiger partial charge on any atom is 0.280 e. The Balaban J connectivity index is 1.38. The highest BCUT2D eigenvalue weighted by Crippen LogP contribution is 2.24. The van der Waals surface area contributed by atoms with Crippen LogP contribution in [0.3, 0.4) is 0 Å². The SMILES string of the molecule is NCC[C@@H]1NC(=O)CCNC(=O)c2cc(NC(=O)Cn3cnc4c(=O)[nH]c(N)nc43)ccc2OC[C@@H](Cc2ccc(O)cc2)NC1=O. The lowest BCUT2D eigenvalue weighted by Gasteiger charge is -2.25. The van der Waals surface area contributed by atoms with Gasteiger partial charge in [0.1, 0.15) is 30.7 Å². The van der Waals surface area contributed by atoms with E-state index in [1.165, 1.54) is 35.2 Å². The topological polar surface area (TPSA) is 261 Å². The number of imidazole rings is 1. The van der Waals surface area contributed by atoms with E-state index < -0.39 is 41.3 Å². The molecule has 17 nitrogen and oxygen atoms in total. The van der Waals surface area contributed by atoms with Crippen molar-refractivity contribution in [3.8, 4) is 11.5 Å². The number of amides is 4. The minimum atomic E-state index is -0.888. The van der Waals surface area contributed by atoms with Crippen LogP contribution in [0.25, 0.3) is 11.2 Å². The number of hydrogen-bond donors (Lipinski definition) is 8. The Morgan fingerprint density at radius 3 is 2.66 bits per heavy atom. The maximum atomic E-state index is 13.3. The number of aromatic nitrogens is 4. The first kappa shape index (κ1) is 32.4. The third-order valence-corrected chi connectivity index (χ3v) is 7.26. The average molecular weight is 647 g/mol. The smallest absolute Gasteiger partial charge is 0.280 e. The highest BCUT2D eigenvalue weighted by atomic mass is 16.5. The van der Waals surface area contributed by atoms with Crippen LogP contribution in [0, 0.1) is 0 Å². The molecule has 4 aromatic rings. The number of anilines is 2. The Morgan fingerprint density at radius 1 is 1.11 bits per heavy atom. The van der Waals surface area contributed by atoms with E-state index in [0.29, 0.717) is 6.42 Å². The van der Waals surface area contributed by atoms with E-state index in [1.807, 2.05) is 0 Å². The molecule has 1 aliphatic heterocycles. The van der Waals surface area contributed by atoms with Gasteiger partial charge >= 0.3 is 0 Å². The summed E-state index contributed by atoms with van der Waals surface area (Å²) >= 11 is 0. The second kappa shape index (κ2) is 14.4.